The predicted molar refractivity (Wildman–Crippen MR) is 277 cm³/mol. The number of benzene rings is 10. The van der Waals surface area contributed by atoms with Crippen LogP contribution in [0.1, 0.15) is 0 Å². The van der Waals surface area contributed by atoms with E-state index >= 15 is 0 Å². The summed E-state index contributed by atoms with van der Waals surface area (Å²) in [6, 6.07) is 82.2. The molecule has 0 saturated carbocycles. The average molecular weight is 855 g/mol. The minimum atomic E-state index is 0.684. The Balaban J connectivity index is 0.910. The Kier molecular flexibility index (Phi) is 8.21. The van der Waals surface area contributed by atoms with Gasteiger partial charge >= 0.3 is 0 Å². The van der Waals surface area contributed by atoms with Crippen molar-refractivity contribution in [2.45, 2.75) is 0 Å². The fourth-order valence-electron chi connectivity index (χ4n) is 10.4. The molecule has 0 atom stereocenters. The first-order chi connectivity index (χ1) is 33.2. The van der Waals surface area contributed by atoms with Crippen LogP contribution in [0.5, 0.6) is 0 Å². The number of para-hydroxylation sites is 4. The molecule has 4 heterocycles. The molecule has 0 aliphatic carbocycles. The topological polar surface area (TPSA) is 48.8 Å². The maximum atomic E-state index is 6.46. The smallest absolute Gasteiger partial charge is 0.160 e. The van der Waals surface area contributed by atoms with E-state index in [2.05, 4.69) is 215 Å². The van der Waals surface area contributed by atoms with Gasteiger partial charge in [0.15, 0.2) is 5.82 Å². The fraction of sp³-hybridized carbons (Fsp3) is 0. The van der Waals surface area contributed by atoms with Crippen LogP contribution in [0.3, 0.4) is 0 Å². The number of hydrogen-bond acceptors (Lipinski definition) is 3. The maximum absolute atomic E-state index is 6.46. The van der Waals surface area contributed by atoms with Crippen LogP contribution in [-0.4, -0.2) is 19.1 Å². The molecule has 14 aromatic rings. The van der Waals surface area contributed by atoms with Gasteiger partial charge in [0, 0.05) is 60.2 Å². The van der Waals surface area contributed by atoms with Gasteiger partial charge in [-0.2, -0.15) is 0 Å². The summed E-state index contributed by atoms with van der Waals surface area (Å²) in [7, 11) is 0. The molecule has 0 aliphatic rings. The SMILES string of the molecule is c1ccc(-c2nc(-c3ccc4oc5ccc(-c6ccc7c(c6)c6cc(-c8ccc9c(c8)c8ccccc8n9-c8ccccc8)ccc6n7-c6ccccc6)cc5c4c3)nc3ccccc23)cc1. The monoisotopic (exact) mass is 854 g/mol. The Morgan fingerprint density at radius 2 is 0.701 bits per heavy atom. The summed E-state index contributed by atoms with van der Waals surface area (Å²) in [4.78, 5) is 10.2. The van der Waals surface area contributed by atoms with Crippen molar-refractivity contribution in [1.82, 2.24) is 19.1 Å². The Morgan fingerprint density at radius 3 is 1.28 bits per heavy atom. The summed E-state index contributed by atoms with van der Waals surface area (Å²) in [5.74, 6) is 0.684. The van der Waals surface area contributed by atoms with E-state index < -0.39 is 0 Å². The standard InChI is InChI=1S/C62H38N4O/c1-4-14-39(15-5-1)61-48-21-10-12-22-54(48)63-62(64-61)44-28-33-60-53(38-44)52-37-43(27-32-59(52)67-60)42-26-31-58-51(36-42)50-35-41(25-30-57(50)66(58)46-18-8-3-9-19-46)40-24-29-56-49(34-40)47-20-11-13-23-55(47)65(56)45-16-6-2-7-17-45/h1-38H. The van der Waals surface area contributed by atoms with E-state index in [-0.39, 0.29) is 0 Å². The third kappa shape index (κ3) is 5.95. The van der Waals surface area contributed by atoms with Crippen LogP contribution in [0.15, 0.2) is 235 Å². The summed E-state index contributed by atoms with van der Waals surface area (Å²) in [5.41, 5.74) is 17.1. The zero-order valence-electron chi connectivity index (χ0n) is 36.1. The third-order valence-corrected chi connectivity index (χ3v) is 13.5. The van der Waals surface area contributed by atoms with Crippen molar-refractivity contribution in [3.05, 3.63) is 231 Å². The van der Waals surface area contributed by atoms with Crippen molar-refractivity contribution in [3.63, 3.8) is 0 Å². The molecule has 312 valence electrons. The molecular weight excluding hydrogens is 817 g/mol. The molecule has 0 spiro atoms. The van der Waals surface area contributed by atoms with Gasteiger partial charge < -0.3 is 13.6 Å². The highest BCUT2D eigenvalue weighted by molar-refractivity contribution is 6.14. The zero-order chi connectivity index (χ0) is 44.0. The first-order valence-electron chi connectivity index (χ1n) is 22.7. The molecule has 0 N–H and O–H groups in total. The molecule has 14 rings (SSSR count). The van der Waals surface area contributed by atoms with Crippen LogP contribution >= 0.6 is 0 Å². The fourth-order valence-corrected chi connectivity index (χ4v) is 10.4. The van der Waals surface area contributed by atoms with E-state index in [1.54, 1.807) is 0 Å². The van der Waals surface area contributed by atoms with Crippen LogP contribution < -0.4 is 0 Å². The van der Waals surface area contributed by atoms with E-state index in [9.17, 15) is 0 Å². The second-order valence-electron chi connectivity index (χ2n) is 17.4. The molecule has 0 aliphatic heterocycles. The lowest BCUT2D eigenvalue weighted by Crippen LogP contribution is -1.95. The highest BCUT2D eigenvalue weighted by Crippen LogP contribution is 2.41. The van der Waals surface area contributed by atoms with E-state index in [0.717, 1.165) is 77.7 Å². The normalized spacial score (nSPS) is 11.9. The molecule has 10 aromatic carbocycles. The van der Waals surface area contributed by atoms with Crippen molar-refractivity contribution >= 4 is 76.5 Å². The van der Waals surface area contributed by atoms with Gasteiger partial charge in [0.1, 0.15) is 11.2 Å². The molecule has 0 unspecified atom stereocenters. The van der Waals surface area contributed by atoms with Gasteiger partial charge in [0.2, 0.25) is 0 Å². The van der Waals surface area contributed by atoms with Gasteiger partial charge in [-0.3, -0.25) is 0 Å². The molecule has 4 aromatic heterocycles. The minimum Gasteiger partial charge on any atom is -0.456 e. The lowest BCUT2D eigenvalue weighted by molar-refractivity contribution is 0.669. The number of rotatable bonds is 6. The summed E-state index contributed by atoms with van der Waals surface area (Å²) in [6.45, 7) is 0. The first-order valence-corrected chi connectivity index (χ1v) is 22.7. The number of furan rings is 1. The Morgan fingerprint density at radius 1 is 0.284 bits per heavy atom. The summed E-state index contributed by atoms with van der Waals surface area (Å²) in [6.07, 6.45) is 0. The second-order valence-corrected chi connectivity index (χ2v) is 17.4. The lowest BCUT2D eigenvalue weighted by atomic mass is 9.98. The molecule has 5 heteroatoms. The quantitative estimate of drug-likeness (QED) is 0.167. The van der Waals surface area contributed by atoms with Crippen LogP contribution in [0.2, 0.25) is 0 Å². The molecular formula is C62H38N4O. The van der Waals surface area contributed by atoms with Gasteiger partial charge in [-0.1, -0.05) is 127 Å². The first kappa shape index (κ1) is 37.3. The Labute approximate surface area is 385 Å². The third-order valence-electron chi connectivity index (χ3n) is 13.5. The van der Waals surface area contributed by atoms with Crippen molar-refractivity contribution in [2.24, 2.45) is 0 Å². The van der Waals surface area contributed by atoms with Crippen molar-refractivity contribution in [1.29, 1.82) is 0 Å². The van der Waals surface area contributed by atoms with E-state index in [1.807, 2.05) is 24.3 Å². The number of fused-ring (bicyclic) bond motifs is 10. The van der Waals surface area contributed by atoms with Gasteiger partial charge in [-0.15, -0.1) is 0 Å². The van der Waals surface area contributed by atoms with Gasteiger partial charge in [0.05, 0.1) is 33.3 Å². The second kappa shape index (κ2) is 14.7. The highest BCUT2D eigenvalue weighted by atomic mass is 16.3. The number of hydrogen-bond donors (Lipinski definition) is 0. The van der Waals surface area contributed by atoms with Crippen LogP contribution in [0.25, 0.3) is 133 Å². The lowest BCUT2D eigenvalue weighted by Gasteiger charge is -2.09. The van der Waals surface area contributed by atoms with Crippen LogP contribution in [0, 0.1) is 0 Å². The van der Waals surface area contributed by atoms with Crippen molar-refractivity contribution in [2.75, 3.05) is 0 Å². The molecule has 0 fully saturated rings. The summed E-state index contributed by atoms with van der Waals surface area (Å²) < 4.78 is 11.2. The van der Waals surface area contributed by atoms with Crippen LogP contribution in [0.4, 0.5) is 0 Å². The van der Waals surface area contributed by atoms with Gasteiger partial charge in [0.25, 0.3) is 0 Å². The molecule has 67 heavy (non-hydrogen) atoms. The number of nitrogens with zero attached hydrogens (tertiary/aromatic N) is 4. The molecule has 5 nitrogen and oxygen atoms in total. The molecule has 0 radical (unpaired) electrons. The maximum Gasteiger partial charge on any atom is 0.160 e. The van der Waals surface area contributed by atoms with Gasteiger partial charge in [-0.25, -0.2) is 9.97 Å². The summed E-state index contributed by atoms with van der Waals surface area (Å²) in [5, 5.41) is 7.99. The summed E-state index contributed by atoms with van der Waals surface area (Å²) >= 11 is 0. The van der Waals surface area contributed by atoms with E-state index in [4.69, 9.17) is 14.4 Å². The van der Waals surface area contributed by atoms with Crippen molar-refractivity contribution < 1.29 is 4.42 Å². The molecule has 0 amide bonds. The van der Waals surface area contributed by atoms with Crippen molar-refractivity contribution in [3.8, 4) is 56.3 Å². The Hall–Kier alpha value is -9.06. The van der Waals surface area contributed by atoms with Crippen LogP contribution in [-0.2, 0) is 0 Å². The average Bonchev–Trinajstić information content (AvgIpc) is 4.05. The largest absolute Gasteiger partial charge is 0.456 e. The van der Waals surface area contributed by atoms with E-state index in [0.29, 0.717) is 5.82 Å². The highest BCUT2D eigenvalue weighted by Gasteiger charge is 2.19. The zero-order valence-corrected chi connectivity index (χ0v) is 36.1. The molecule has 0 bridgehead atoms. The molecule has 0 saturated heterocycles. The van der Waals surface area contributed by atoms with E-state index in [1.165, 1.54) is 49.2 Å². The Bertz CT molecular complexity index is 4260. The minimum absolute atomic E-state index is 0.684. The number of aromatic nitrogens is 4. The predicted octanol–water partition coefficient (Wildman–Crippen LogP) is 16.4. The van der Waals surface area contributed by atoms with Gasteiger partial charge in [-0.05, 0) is 125 Å².